The maximum absolute atomic E-state index is 10.9. The largest absolute Gasteiger partial charge is 0.508 e. The highest BCUT2D eigenvalue weighted by molar-refractivity contribution is 5.88. The maximum atomic E-state index is 10.9. The molecule has 0 bridgehead atoms. The number of hydrogen-bond donors (Lipinski definition) is 1. The Balaban J connectivity index is 1.97. The van der Waals surface area contributed by atoms with Crippen molar-refractivity contribution in [3.05, 3.63) is 65.7 Å². The van der Waals surface area contributed by atoms with E-state index in [1.54, 1.807) is 20.3 Å². The van der Waals surface area contributed by atoms with Crippen molar-refractivity contribution in [1.29, 1.82) is 0 Å². The van der Waals surface area contributed by atoms with Crippen molar-refractivity contribution in [2.45, 2.75) is 6.04 Å². The molecule has 0 saturated carbocycles. The summed E-state index contributed by atoms with van der Waals surface area (Å²) in [7, 11) is 3.33. The van der Waals surface area contributed by atoms with Gasteiger partial charge in [-0.1, -0.05) is 30.3 Å². The minimum atomic E-state index is -0.181. The van der Waals surface area contributed by atoms with E-state index in [0.29, 0.717) is 13.2 Å². The zero-order chi connectivity index (χ0) is 19.5. The zero-order valence-electron chi connectivity index (χ0n) is 16.2. The second kappa shape index (κ2) is 8.09. The molecule has 4 rings (SSSR count). The molecule has 0 aliphatic carbocycles. The van der Waals surface area contributed by atoms with Crippen LogP contribution in [0.4, 0.5) is 0 Å². The van der Waals surface area contributed by atoms with E-state index in [9.17, 15) is 5.11 Å². The lowest BCUT2D eigenvalue weighted by Gasteiger charge is -2.36. The lowest BCUT2D eigenvalue weighted by Crippen LogP contribution is -2.39. The van der Waals surface area contributed by atoms with Crippen molar-refractivity contribution >= 4 is 10.8 Å². The van der Waals surface area contributed by atoms with Gasteiger partial charge in [0.25, 0.3) is 0 Å². The van der Waals surface area contributed by atoms with E-state index < -0.39 is 0 Å². The molecule has 0 unspecified atom stereocenters. The number of hydrogen-bond acceptors (Lipinski definition) is 5. The van der Waals surface area contributed by atoms with Crippen LogP contribution in [-0.4, -0.2) is 50.5 Å². The summed E-state index contributed by atoms with van der Waals surface area (Å²) in [5.74, 6) is 1.80. The fourth-order valence-corrected chi connectivity index (χ4v) is 4.00. The van der Waals surface area contributed by atoms with Crippen LogP contribution in [0.3, 0.4) is 0 Å². The molecular weight excluding hydrogens is 354 g/mol. The molecule has 1 aliphatic heterocycles. The van der Waals surface area contributed by atoms with Crippen LogP contribution in [0.1, 0.15) is 17.2 Å². The van der Waals surface area contributed by atoms with Crippen molar-refractivity contribution in [2.24, 2.45) is 0 Å². The van der Waals surface area contributed by atoms with Gasteiger partial charge in [0.1, 0.15) is 17.2 Å². The van der Waals surface area contributed by atoms with E-state index in [-0.39, 0.29) is 11.8 Å². The zero-order valence-corrected chi connectivity index (χ0v) is 16.2. The second-order valence-electron chi connectivity index (χ2n) is 6.88. The van der Waals surface area contributed by atoms with E-state index in [1.807, 2.05) is 36.4 Å². The second-order valence-corrected chi connectivity index (χ2v) is 6.88. The number of benzene rings is 3. The van der Waals surface area contributed by atoms with Crippen molar-refractivity contribution < 1.29 is 19.3 Å². The molecule has 1 atom stereocenters. The van der Waals surface area contributed by atoms with Gasteiger partial charge in [0, 0.05) is 24.2 Å². The van der Waals surface area contributed by atoms with Crippen molar-refractivity contribution in [2.75, 3.05) is 40.5 Å². The molecule has 1 aliphatic rings. The topological polar surface area (TPSA) is 51.2 Å². The molecule has 146 valence electrons. The molecule has 0 radical (unpaired) electrons. The van der Waals surface area contributed by atoms with Gasteiger partial charge in [0.05, 0.1) is 33.5 Å². The molecule has 3 aromatic rings. The number of fused-ring (bicyclic) bond motifs is 1. The average molecular weight is 379 g/mol. The van der Waals surface area contributed by atoms with Gasteiger partial charge < -0.3 is 19.3 Å². The highest BCUT2D eigenvalue weighted by atomic mass is 16.5. The number of phenolic OH excluding ortho intramolecular Hbond substituents is 1. The molecule has 0 amide bonds. The molecule has 1 saturated heterocycles. The number of rotatable bonds is 5. The summed E-state index contributed by atoms with van der Waals surface area (Å²) in [6, 6.07) is 17.5. The molecule has 5 nitrogen and oxygen atoms in total. The fraction of sp³-hybridized carbons (Fsp3) is 0.304. The first-order valence-electron chi connectivity index (χ1n) is 9.47. The molecule has 0 spiro atoms. The third-order valence-electron chi connectivity index (χ3n) is 5.36. The van der Waals surface area contributed by atoms with Gasteiger partial charge in [0.2, 0.25) is 0 Å². The Morgan fingerprint density at radius 2 is 1.75 bits per heavy atom. The number of ether oxygens (including phenoxy) is 3. The summed E-state index contributed by atoms with van der Waals surface area (Å²) in [4.78, 5) is 2.34. The van der Waals surface area contributed by atoms with Crippen LogP contribution in [0, 0.1) is 0 Å². The smallest absolute Gasteiger partial charge is 0.124 e. The first kappa shape index (κ1) is 18.6. The van der Waals surface area contributed by atoms with E-state index >= 15 is 0 Å². The van der Waals surface area contributed by atoms with E-state index in [0.717, 1.165) is 46.5 Å². The SMILES string of the molecule is COc1ccc(OC)c([C@@H](c2c(O)ccc3ccccc23)N2CCOCC2)c1. The van der Waals surface area contributed by atoms with Gasteiger partial charge in [-0.2, -0.15) is 0 Å². The van der Waals surface area contributed by atoms with Crippen LogP contribution < -0.4 is 9.47 Å². The van der Waals surface area contributed by atoms with Gasteiger partial charge in [-0.3, -0.25) is 4.90 Å². The highest BCUT2D eigenvalue weighted by Gasteiger charge is 2.30. The Hall–Kier alpha value is -2.76. The monoisotopic (exact) mass is 379 g/mol. The molecule has 28 heavy (non-hydrogen) atoms. The third-order valence-corrected chi connectivity index (χ3v) is 5.36. The van der Waals surface area contributed by atoms with E-state index in [4.69, 9.17) is 14.2 Å². The third kappa shape index (κ3) is 3.39. The quantitative estimate of drug-likeness (QED) is 0.727. The van der Waals surface area contributed by atoms with Crippen LogP contribution >= 0.6 is 0 Å². The number of morpholine rings is 1. The predicted octanol–water partition coefficient (Wildman–Crippen LogP) is 3.98. The van der Waals surface area contributed by atoms with Crippen LogP contribution in [0.25, 0.3) is 10.8 Å². The first-order chi connectivity index (χ1) is 13.7. The van der Waals surface area contributed by atoms with Gasteiger partial charge in [-0.05, 0) is 35.0 Å². The molecule has 5 heteroatoms. The van der Waals surface area contributed by atoms with Crippen LogP contribution in [0.5, 0.6) is 17.2 Å². The molecular formula is C23H25NO4. The molecule has 0 aromatic heterocycles. The number of aromatic hydroxyl groups is 1. The summed E-state index contributed by atoms with van der Waals surface area (Å²) >= 11 is 0. The minimum absolute atomic E-state index is 0.181. The first-order valence-corrected chi connectivity index (χ1v) is 9.47. The highest BCUT2D eigenvalue weighted by Crippen LogP contribution is 2.43. The summed E-state index contributed by atoms with van der Waals surface area (Å²) in [5, 5.41) is 13.1. The average Bonchev–Trinajstić information content (AvgIpc) is 2.76. The summed E-state index contributed by atoms with van der Waals surface area (Å²) in [6.07, 6.45) is 0. The summed E-state index contributed by atoms with van der Waals surface area (Å²) in [5.41, 5.74) is 1.85. The normalized spacial score (nSPS) is 16.1. The van der Waals surface area contributed by atoms with E-state index in [1.165, 1.54) is 0 Å². The van der Waals surface area contributed by atoms with Crippen molar-refractivity contribution in [3.8, 4) is 17.2 Å². The Morgan fingerprint density at radius 3 is 2.50 bits per heavy atom. The van der Waals surface area contributed by atoms with Crippen LogP contribution in [0.15, 0.2) is 54.6 Å². The Morgan fingerprint density at radius 1 is 0.964 bits per heavy atom. The lowest BCUT2D eigenvalue weighted by molar-refractivity contribution is 0.0234. The number of phenols is 1. The fourth-order valence-electron chi connectivity index (χ4n) is 4.00. The van der Waals surface area contributed by atoms with Crippen LogP contribution in [0.2, 0.25) is 0 Å². The van der Waals surface area contributed by atoms with Gasteiger partial charge in [-0.25, -0.2) is 0 Å². The van der Waals surface area contributed by atoms with Crippen molar-refractivity contribution in [3.63, 3.8) is 0 Å². The summed E-state index contributed by atoms with van der Waals surface area (Å²) < 4.78 is 16.8. The maximum Gasteiger partial charge on any atom is 0.124 e. The summed E-state index contributed by atoms with van der Waals surface area (Å²) in [6.45, 7) is 2.87. The van der Waals surface area contributed by atoms with E-state index in [2.05, 4.69) is 17.0 Å². The van der Waals surface area contributed by atoms with Gasteiger partial charge >= 0.3 is 0 Å². The minimum Gasteiger partial charge on any atom is -0.508 e. The van der Waals surface area contributed by atoms with Gasteiger partial charge in [-0.15, -0.1) is 0 Å². The van der Waals surface area contributed by atoms with Crippen molar-refractivity contribution in [1.82, 2.24) is 4.90 Å². The molecule has 1 N–H and O–H groups in total. The molecule has 1 fully saturated rings. The molecule has 1 heterocycles. The van der Waals surface area contributed by atoms with Gasteiger partial charge in [0.15, 0.2) is 0 Å². The Bertz CT molecular complexity index is 966. The number of methoxy groups -OCH3 is 2. The Kier molecular flexibility index (Phi) is 5.37. The lowest BCUT2D eigenvalue weighted by atomic mass is 9.90. The van der Waals surface area contributed by atoms with Crippen LogP contribution in [-0.2, 0) is 4.74 Å². The standard InChI is InChI=1S/C23H25NO4/c1-26-17-8-10-21(27-2)19(15-17)23(24-11-13-28-14-12-24)22-18-6-4-3-5-16(18)7-9-20(22)25/h3-10,15,23,25H,11-14H2,1-2H3/t23-/m0/s1. The predicted molar refractivity (Wildman–Crippen MR) is 109 cm³/mol. The Labute approximate surface area is 165 Å². The number of nitrogens with zero attached hydrogens (tertiary/aromatic N) is 1. The molecule has 3 aromatic carbocycles.